The topological polar surface area (TPSA) is 102 Å². The van der Waals surface area contributed by atoms with Crippen molar-refractivity contribution in [3.05, 3.63) is 40.6 Å². The number of ether oxygens (including phenoxy) is 1. The van der Waals surface area contributed by atoms with E-state index < -0.39 is 11.9 Å². The molecule has 2 aromatic rings. The van der Waals surface area contributed by atoms with Crippen LogP contribution in [0.25, 0.3) is 0 Å². The Morgan fingerprint density at radius 1 is 1.43 bits per heavy atom. The second-order valence-electron chi connectivity index (χ2n) is 4.11. The monoisotopic (exact) mass is 310 g/mol. The first-order valence-corrected chi connectivity index (χ1v) is 6.22. The van der Waals surface area contributed by atoms with Crippen LogP contribution < -0.4 is 10.1 Å². The molecule has 1 heterocycles. The van der Waals surface area contributed by atoms with Gasteiger partial charge in [0.1, 0.15) is 17.1 Å². The minimum absolute atomic E-state index is 0.0153. The van der Waals surface area contributed by atoms with Gasteiger partial charge in [-0.3, -0.25) is 4.79 Å². The summed E-state index contributed by atoms with van der Waals surface area (Å²) in [6, 6.07) is 5.60. The molecule has 0 radical (unpaired) electrons. The van der Waals surface area contributed by atoms with Crippen LogP contribution in [0.4, 0.5) is 5.82 Å². The van der Waals surface area contributed by atoms with Crippen LogP contribution in [0.15, 0.2) is 28.8 Å². The average Bonchev–Trinajstić information content (AvgIpc) is 2.81. The van der Waals surface area contributed by atoms with Crippen LogP contribution in [0.5, 0.6) is 5.75 Å². The van der Waals surface area contributed by atoms with E-state index in [1.807, 2.05) is 0 Å². The lowest BCUT2D eigenvalue weighted by Gasteiger charge is -2.09. The summed E-state index contributed by atoms with van der Waals surface area (Å²) in [5.41, 5.74) is -0.0792. The number of amides is 1. The summed E-state index contributed by atoms with van der Waals surface area (Å²) in [6.07, 6.45) is 0. The van der Waals surface area contributed by atoms with Crippen LogP contribution in [0.1, 0.15) is 16.1 Å². The molecule has 0 aliphatic carbocycles. The highest BCUT2D eigenvalue weighted by atomic mass is 35.5. The van der Waals surface area contributed by atoms with Gasteiger partial charge in [0, 0.05) is 11.1 Å². The molecule has 8 heteroatoms. The Bertz CT molecular complexity index is 683. The normalized spacial score (nSPS) is 10.2. The maximum atomic E-state index is 11.7. The molecule has 0 aliphatic rings. The Hall–Kier alpha value is -2.54. The summed E-state index contributed by atoms with van der Waals surface area (Å²) in [5, 5.41) is 15.4. The number of carbonyl (C=O) groups is 2. The molecule has 21 heavy (non-hydrogen) atoms. The lowest BCUT2D eigenvalue weighted by atomic mass is 10.2. The molecule has 1 aromatic heterocycles. The highest BCUT2D eigenvalue weighted by Crippen LogP contribution is 2.23. The van der Waals surface area contributed by atoms with Gasteiger partial charge in [0.05, 0.1) is 0 Å². The van der Waals surface area contributed by atoms with Gasteiger partial charge in [-0.15, -0.1) is 0 Å². The second-order valence-corrected chi connectivity index (χ2v) is 4.54. The molecule has 0 spiro atoms. The number of nitrogens with zero attached hydrogens (tertiary/aromatic N) is 1. The van der Waals surface area contributed by atoms with Crippen LogP contribution in [-0.2, 0) is 4.79 Å². The first kappa shape index (κ1) is 14.9. The summed E-state index contributed by atoms with van der Waals surface area (Å²) in [7, 11) is 0. The number of carbonyl (C=O) groups excluding carboxylic acids is 1. The Balaban J connectivity index is 2.00. The maximum absolute atomic E-state index is 11.7. The number of anilines is 1. The lowest BCUT2D eigenvalue weighted by Crippen LogP contribution is -2.21. The average molecular weight is 311 g/mol. The third-order valence-electron chi connectivity index (χ3n) is 2.43. The van der Waals surface area contributed by atoms with Crippen molar-refractivity contribution < 1.29 is 24.0 Å². The van der Waals surface area contributed by atoms with Crippen molar-refractivity contribution in [2.75, 3.05) is 11.9 Å². The van der Waals surface area contributed by atoms with Crippen molar-refractivity contribution in [2.24, 2.45) is 0 Å². The summed E-state index contributed by atoms with van der Waals surface area (Å²) in [6.45, 7) is 1.30. The van der Waals surface area contributed by atoms with Crippen LogP contribution in [0.3, 0.4) is 0 Å². The van der Waals surface area contributed by atoms with Gasteiger partial charge in [-0.1, -0.05) is 16.8 Å². The SMILES string of the molecule is Cc1cc(NC(=O)COc2cc(Cl)ccc2C(=O)O)no1. The Labute approximate surface area is 124 Å². The fourth-order valence-electron chi connectivity index (χ4n) is 1.54. The van der Waals surface area contributed by atoms with Crippen LogP contribution in [-0.4, -0.2) is 28.7 Å². The third kappa shape index (κ3) is 3.96. The van der Waals surface area contributed by atoms with Crippen molar-refractivity contribution >= 4 is 29.3 Å². The number of nitrogens with one attached hydrogen (secondary N) is 1. The van der Waals surface area contributed by atoms with E-state index in [-0.39, 0.29) is 23.7 Å². The zero-order valence-corrected chi connectivity index (χ0v) is 11.7. The van der Waals surface area contributed by atoms with E-state index >= 15 is 0 Å². The largest absolute Gasteiger partial charge is 0.483 e. The molecule has 0 fully saturated rings. The first-order valence-electron chi connectivity index (χ1n) is 5.84. The number of carboxylic acid groups (broad SMARTS) is 1. The maximum Gasteiger partial charge on any atom is 0.339 e. The van der Waals surface area contributed by atoms with Gasteiger partial charge in [0.2, 0.25) is 0 Å². The number of hydrogen-bond donors (Lipinski definition) is 2. The first-order chi connectivity index (χ1) is 9.95. The summed E-state index contributed by atoms with van der Waals surface area (Å²) in [5.74, 6) is -0.852. The van der Waals surface area contributed by atoms with Crippen molar-refractivity contribution in [3.8, 4) is 5.75 Å². The third-order valence-corrected chi connectivity index (χ3v) is 2.66. The molecule has 110 valence electrons. The lowest BCUT2D eigenvalue weighted by molar-refractivity contribution is -0.118. The van der Waals surface area contributed by atoms with E-state index in [0.29, 0.717) is 10.8 Å². The molecule has 0 atom stereocenters. The van der Waals surface area contributed by atoms with Gasteiger partial charge in [0.15, 0.2) is 12.4 Å². The number of aromatic carboxylic acids is 1. The van der Waals surface area contributed by atoms with E-state index in [2.05, 4.69) is 10.5 Å². The highest BCUT2D eigenvalue weighted by molar-refractivity contribution is 6.30. The Morgan fingerprint density at radius 3 is 2.81 bits per heavy atom. The molecule has 1 amide bonds. The Kier molecular flexibility index (Phi) is 4.44. The number of hydrogen-bond acceptors (Lipinski definition) is 5. The van der Waals surface area contributed by atoms with Gasteiger partial charge in [-0.05, 0) is 25.1 Å². The summed E-state index contributed by atoms with van der Waals surface area (Å²) in [4.78, 5) is 22.7. The van der Waals surface area contributed by atoms with E-state index in [0.717, 1.165) is 0 Å². The van der Waals surface area contributed by atoms with Crippen molar-refractivity contribution in [1.29, 1.82) is 0 Å². The number of aromatic nitrogens is 1. The quantitative estimate of drug-likeness (QED) is 0.879. The molecule has 0 unspecified atom stereocenters. The van der Waals surface area contributed by atoms with Gasteiger partial charge < -0.3 is 19.7 Å². The van der Waals surface area contributed by atoms with Crippen LogP contribution in [0, 0.1) is 6.92 Å². The van der Waals surface area contributed by atoms with Crippen LogP contribution >= 0.6 is 11.6 Å². The molecule has 2 N–H and O–H groups in total. The summed E-state index contributed by atoms with van der Waals surface area (Å²) < 4.78 is 9.98. The standard InChI is InChI=1S/C13H11ClN2O5/c1-7-4-11(16-21-7)15-12(17)6-20-10-5-8(14)2-3-9(10)13(18)19/h2-5H,6H2,1H3,(H,18,19)(H,15,16,17). The number of rotatable bonds is 5. The zero-order valence-electron chi connectivity index (χ0n) is 10.9. The smallest absolute Gasteiger partial charge is 0.339 e. The zero-order chi connectivity index (χ0) is 15.4. The predicted molar refractivity (Wildman–Crippen MR) is 73.8 cm³/mol. The molecular formula is C13H11ClN2O5. The van der Waals surface area contributed by atoms with Gasteiger partial charge in [0.25, 0.3) is 5.91 Å². The second kappa shape index (κ2) is 6.27. The van der Waals surface area contributed by atoms with Crippen LogP contribution in [0.2, 0.25) is 5.02 Å². The predicted octanol–water partition coefficient (Wildman–Crippen LogP) is 2.35. The fraction of sp³-hybridized carbons (Fsp3) is 0.154. The van der Waals surface area contributed by atoms with Crippen molar-refractivity contribution in [2.45, 2.75) is 6.92 Å². The van der Waals surface area contributed by atoms with E-state index in [9.17, 15) is 9.59 Å². The number of benzene rings is 1. The van der Waals surface area contributed by atoms with E-state index in [1.165, 1.54) is 18.2 Å². The Morgan fingerprint density at radius 2 is 2.19 bits per heavy atom. The van der Waals surface area contributed by atoms with Gasteiger partial charge in [-0.25, -0.2) is 4.79 Å². The molecular weight excluding hydrogens is 300 g/mol. The summed E-state index contributed by atoms with van der Waals surface area (Å²) >= 11 is 5.77. The number of carboxylic acids is 1. The van der Waals surface area contributed by atoms with Crippen molar-refractivity contribution in [3.63, 3.8) is 0 Å². The minimum atomic E-state index is -1.17. The molecule has 0 saturated carbocycles. The van der Waals surface area contributed by atoms with Gasteiger partial charge in [-0.2, -0.15) is 0 Å². The van der Waals surface area contributed by atoms with E-state index in [4.69, 9.17) is 26.0 Å². The fourth-order valence-corrected chi connectivity index (χ4v) is 1.70. The molecule has 0 bridgehead atoms. The molecule has 0 saturated heterocycles. The van der Waals surface area contributed by atoms with Gasteiger partial charge >= 0.3 is 5.97 Å². The highest BCUT2D eigenvalue weighted by Gasteiger charge is 2.14. The number of halogens is 1. The number of aryl methyl sites for hydroxylation is 1. The molecule has 7 nitrogen and oxygen atoms in total. The van der Waals surface area contributed by atoms with Crippen molar-refractivity contribution in [1.82, 2.24) is 5.16 Å². The molecule has 2 rings (SSSR count). The molecule has 0 aliphatic heterocycles. The molecule has 1 aromatic carbocycles. The minimum Gasteiger partial charge on any atom is -0.483 e. The van der Waals surface area contributed by atoms with E-state index in [1.54, 1.807) is 13.0 Å².